The van der Waals surface area contributed by atoms with E-state index in [1.165, 1.54) is 103 Å². The van der Waals surface area contributed by atoms with Gasteiger partial charge in [-0.25, -0.2) is 0 Å². The van der Waals surface area contributed by atoms with Gasteiger partial charge in [-0.1, -0.05) is 115 Å². The molecule has 1 nitrogen and oxygen atoms in total. The number of hydrogen-bond donors (Lipinski definition) is 0. The molecule has 2 fully saturated rings. The van der Waals surface area contributed by atoms with Crippen molar-refractivity contribution in [3.05, 3.63) is 129 Å². The summed E-state index contributed by atoms with van der Waals surface area (Å²) in [7, 11) is 0. The number of nitrogens with zero attached hydrogens (tertiary/aromatic N) is 1. The Kier molecular flexibility index (Phi) is 8.75. The van der Waals surface area contributed by atoms with E-state index in [0.717, 1.165) is 30.6 Å². The Morgan fingerprint density at radius 3 is 2.57 bits per heavy atom. The average molecular weight is 720 g/mol. The van der Waals surface area contributed by atoms with E-state index in [4.69, 9.17) is 0 Å². The zero-order chi connectivity index (χ0) is 34.9. The van der Waals surface area contributed by atoms with Crippen molar-refractivity contribution in [3.8, 4) is 0 Å². The Morgan fingerprint density at radius 1 is 0.679 bits per heavy atom. The molecule has 11 rings (SSSR count). The Balaban J connectivity index is 1.06. The van der Waals surface area contributed by atoms with Crippen molar-refractivity contribution >= 4 is 11.8 Å². The molecular weight excluding hydrogens is 659 g/mol. The van der Waals surface area contributed by atoms with Gasteiger partial charge < -0.3 is 4.90 Å². The van der Waals surface area contributed by atoms with E-state index in [1.807, 2.05) is 16.1 Å². The molecule has 1 heterocycles. The molecule has 1 aliphatic heterocycles. The lowest BCUT2D eigenvalue weighted by molar-refractivity contribution is 0.120. The fraction of sp³-hybridized carbons (Fsp3) is 0.569. The Bertz CT molecular complexity index is 1850. The maximum absolute atomic E-state index is 3.12. The van der Waals surface area contributed by atoms with Crippen molar-refractivity contribution in [2.45, 2.75) is 128 Å². The summed E-state index contributed by atoms with van der Waals surface area (Å²) in [4.78, 5) is 6.70. The second-order valence-corrected chi connectivity index (χ2v) is 19.9. The van der Waals surface area contributed by atoms with Crippen LogP contribution in [0.25, 0.3) is 0 Å². The summed E-state index contributed by atoms with van der Waals surface area (Å²) in [6.45, 7) is 0. The van der Waals surface area contributed by atoms with Crippen LogP contribution in [0.4, 0.5) is 0 Å². The van der Waals surface area contributed by atoms with Crippen LogP contribution in [-0.4, -0.2) is 17.0 Å². The summed E-state index contributed by atoms with van der Waals surface area (Å²) in [5, 5.41) is 0. The normalized spacial score (nSPS) is 42.2. The fourth-order valence-electron chi connectivity index (χ4n) is 14.4. The molecule has 0 N–H and O–H groups in total. The first kappa shape index (κ1) is 33.6. The second kappa shape index (κ2) is 13.8. The van der Waals surface area contributed by atoms with Crippen LogP contribution in [0.5, 0.6) is 0 Å². The maximum Gasteiger partial charge on any atom is 0.0511 e. The largest absolute Gasteiger partial charge is 0.365 e. The third kappa shape index (κ3) is 5.37. The maximum atomic E-state index is 3.12. The lowest BCUT2D eigenvalue weighted by Gasteiger charge is -2.54. The summed E-state index contributed by atoms with van der Waals surface area (Å²) in [6, 6.07) is 1.11. The van der Waals surface area contributed by atoms with Gasteiger partial charge in [0.25, 0.3) is 0 Å². The summed E-state index contributed by atoms with van der Waals surface area (Å²) in [5.74, 6) is 5.43. The third-order valence-electron chi connectivity index (χ3n) is 16.4. The minimum absolute atomic E-state index is 0.161. The third-order valence-corrected chi connectivity index (χ3v) is 17.7. The number of allylic oxidation sites excluding steroid dienone is 19. The summed E-state index contributed by atoms with van der Waals surface area (Å²) < 4.78 is 0. The summed E-state index contributed by atoms with van der Waals surface area (Å²) in [5.41, 5.74) is 8.98. The van der Waals surface area contributed by atoms with E-state index in [9.17, 15) is 0 Å². The molecule has 2 heteroatoms. The first-order valence-corrected chi connectivity index (χ1v) is 23.2. The monoisotopic (exact) mass is 719 g/mol. The van der Waals surface area contributed by atoms with Gasteiger partial charge in [-0.05, 0) is 171 Å². The topological polar surface area (TPSA) is 3.24 Å². The SMILES string of the molecule is C1=CCC(C2=CCC(N(C3=CC4C(CC3)C3C=CC5CCC=CC5C3C43C4=C(CCC=C4)SC4=C3CCCC4)C3CCC=C4CCCCC43)C=C2)C=C1. The first-order valence-electron chi connectivity index (χ1n) is 22.3. The molecule has 11 atom stereocenters. The van der Waals surface area contributed by atoms with E-state index < -0.39 is 0 Å². The predicted molar refractivity (Wildman–Crippen MR) is 224 cm³/mol. The Hall–Kier alpha value is -2.71. The lowest BCUT2D eigenvalue weighted by Crippen LogP contribution is -2.49. The fourth-order valence-corrected chi connectivity index (χ4v) is 15.9. The van der Waals surface area contributed by atoms with Crippen LogP contribution in [0, 0.1) is 52.8 Å². The smallest absolute Gasteiger partial charge is 0.0511 e. The first-order chi connectivity index (χ1) is 26.3. The number of fused-ring (bicyclic) bond motifs is 10. The minimum Gasteiger partial charge on any atom is -0.365 e. The molecule has 0 saturated heterocycles. The quantitative estimate of drug-likeness (QED) is 0.266. The molecule has 10 aliphatic carbocycles. The van der Waals surface area contributed by atoms with Gasteiger partial charge in [-0.3, -0.25) is 0 Å². The molecule has 0 radical (unpaired) electrons. The van der Waals surface area contributed by atoms with Gasteiger partial charge in [0.05, 0.1) is 6.04 Å². The van der Waals surface area contributed by atoms with Crippen molar-refractivity contribution in [3.63, 3.8) is 0 Å². The lowest BCUT2D eigenvalue weighted by atomic mass is 9.52. The molecule has 0 bridgehead atoms. The molecule has 0 aromatic heterocycles. The minimum atomic E-state index is 0.161. The number of hydrogen-bond acceptors (Lipinski definition) is 2. The van der Waals surface area contributed by atoms with Crippen LogP contribution in [0.3, 0.4) is 0 Å². The van der Waals surface area contributed by atoms with E-state index in [1.54, 1.807) is 21.7 Å². The highest BCUT2D eigenvalue weighted by molar-refractivity contribution is 8.06. The molecule has 2 saturated carbocycles. The Labute approximate surface area is 324 Å². The number of rotatable bonds is 4. The molecule has 276 valence electrons. The molecule has 53 heavy (non-hydrogen) atoms. The van der Waals surface area contributed by atoms with Crippen molar-refractivity contribution in [2.75, 3.05) is 0 Å². The summed E-state index contributed by atoms with van der Waals surface area (Å²) in [6.07, 6.45) is 62.6. The van der Waals surface area contributed by atoms with Gasteiger partial charge in [0.15, 0.2) is 0 Å². The molecule has 1 spiro atoms. The zero-order valence-electron chi connectivity index (χ0n) is 32.0. The highest BCUT2D eigenvalue weighted by atomic mass is 32.2. The zero-order valence-corrected chi connectivity index (χ0v) is 32.8. The van der Waals surface area contributed by atoms with Crippen molar-refractivity contribution in [2.24, 2.45) is 52.8 Å². The van der Waals surface area contributed by atoms with Crippen LogP contribution < -0.4 is 0 Å². The molecular formula is C51H61NS. The predicted octanol–water partition coefficient (Wildman–Crippen LogP) is 13.4. The van der Waals surface area contributed by atoms with E-state index in [0.29, 0.717) is 41.7 Å². The molecule has 0 aromatic carbocycles. The van der Waals surface area contributed by atoms with Gasteiger partial charge in [0.1, 0.15) is 0 Å². The molecule has 11 aliphatic rings. The van der Waals surface area contributed by atoms with Crippen LogP contribution in [0.1, 0.15) is 116 Å². The van der Waals surface area contributed by atoms with Crippen LogP contribution in [0.2, 0.25) is 0 Å². The van der Waals surface area contributed by atoms with Crippen LogP contribution >= 0.6 is 11.8 Å². The van der Waals surface area contributed by atoms with Crippen LogP contribution in [0.15, 0.2) is 129 Å². The Morgan fingerprint density at radius 2 is 1.64 bits per heavy atom. The van der Waals surface area contributed by atoms with Crippen molar-refractivity contribution in [1.29, 1.82) is 0 Å². The van der Waals surface area contributed by atoms with Gasteiger partial charge >= 0.3 is 0 Å². The van der Waals surface area contributed by atoms with Crippen molar-refractivity contribution < 1.29 is 0 Å². The van der Waals surface area contributed by atoms with Gasteiger partial charge in [0, 0.05) is 29.0 Å². The van der Waals surface area contributed by atoms with Crippen molar-refractivity contribution in [1.82, 2.24) is 4.90 Å². The van der Waals surface area contributed by atoms with E-state index in [-0.39, 0.29) is 5.41 Å². The van der Waals surface area contributed by atoms with E-state index in [2.05, 4.69) is 108 Å². The molecule has 0 aromatic rings. The van der Waals surface area contributed by atoms with Gasteiger partial charge in [0.2, 0.25) is 0 Å². The standard InChI is InChI=1S/C51H61NS/c1-2-13-34(14-3-1)35-25-28-38(29-26-35)52(47-22-12-17-36-15-4-6-18-40(36)47)39-30-32-42-43-31-27-37-16-5-7-19-41(37)50(43)51(46(42)33-39)44-20-8-10-23-48(44)53-49-24-11-9-21-45(49)51/h1-3,7-8,13,17,19-20,25-28,31,33-34,37-38,40-43,46-47,50H,4-6,9-12,14-16,18,21-24,29-30,32H2. The second-order valence-electron chi connectivity index (χ2n) is 18.7. The average Bonchev–Trinajstić information content (AvgIpc) is 3.52. The highest BCUT2D eigenvalue weighted by Gasteiger charge is 2.66. The van der Waals surface area contributed by atoms with Gasteiger partial charge in [-0.15, -0.1) is 0 Å². The summed E-state index contributed by atoms with van der Waals surface area (Å²) >= 11 is 2.26. The van der Waals surface area contributed by atoms with Crippen LogP contribution in [-0.2, 0) is 0 Å². The molecule has 0 amide bonds. The van der Waals surface area contributed by atoms with E-state index >= 15 is 0 Å². The number of thioether (sulfide) groups is 1. The highest BCUT2D eigenvalue weighted by Crippen LogP contribution is 2.74. The van der Waals surface area contributed by atoms with Gasteiger partial charge in [-0.2, -0.15) is 0 Å². The molecule has 11 unspecified atom stereocenters.